The second-order valence-corrected chi connectivity index (χ2v) is 2.62. The maximum absolute atomic E-state index is 12.9. The molecule has 0 spiro atoms. The van der Waals surface area contributed by atoms with E-state index in [2.05, 4.69) is 5.73 Å². The highest BCUT2D eigenvalue weighted by Crippen LogP contribution is 2.22. The van der Waals surface area contributed by atoms with E-state index in [1.54, 1.807) is 0 Å². The van der Waals surface area contributed by atoms with Crippen LogP contribution in [-0.4, -0.2) is 5.91 Å². The summed E-state index contributed by atoms with van der Waals surface area (Å²) in [6.07, 6.45) is 0. The summed E-state index contributed by atoms with van der Waals surface area (Å²) in [6.45, 7) is 0.849. The topological polar surface area (TPSA) is 43.1 Å². The molecular weight excluding hydrogens is 202 g/mol. The van der Waals surface area contributed by atoms with Gasteiger partial charge in [0.05, 0.1) is 0 Å². The summed E-state index contributed by atoms with van der Waals surface area (Å²) in [5.41, 5.74) is 2.32. The Morgan fingerprint density at radius 2 is 1.36 bits per heavy atom. The van der Waals surface area contributed by atoms with E-state index in [0.717, 1.165) is 6.92 Å². The maximum Gasteiger partial charge on any atom is 0.254 e. The van der Waals surface area contributed by atoms with Crippen molar-refractivity contribution in [2.45, 2.75) is 6.92 Å². The molecule has 0 aliphatic heterocycles. The summed E-state index contributed by atoms with van der Waals surface area (Å²) in [6, 6.07) is 0. The van der Waals surface area contributed by atoms with Gasteiger partial charge in [-0.25, -0.2) is 17.6 Å². The van der Waals surface area contributed by atoms with Crippen LogP contribution in [-0.2, 0) is 0 Å². The number of halogens is 4. The Hall–Kier alpha value is -1.59. The van der Waals surface area contributed by atoms with Gasteiger partial charge in [-0.3, -0.25) is 4.79 Å². The molecule has 0 aliphatic carbocycles. The van der Waals surface area contributed by atoms with Crippen molar-refractivity contribution in [3.8, 4) is 0 Å². The molecule has 14 heavy (non-hydrogen) atoms. The molecule has 0 atom stereocenters. The van der Waals surface area contributed by atoms with E-state index < -0.39 is 40.3 Å². The first-order chi connectivity index (χ1) is 6.37. The fraction of sp³-hybridized carbons (Fsp3) is 0.125. The standard InChI is InChI=1S/C8H5F4NO/c1-2-4(9)6(11)3(8(13)14)7(12)5(2)10/h1H3,(H2,13,14). The Labute approximate surface area is 76.3 Å². The van der Waals surface area contributed by atoms with Crippen molar-refractivity contribution in [1.29, 1.82) is 0 Å². The first-order valence-electron chi connectivity index (χ1n) is 3.50. The van der Waals surface area contributed by atoms with E-state index in [9.17, 15) is 22.4 Å². The average Bonchev–Trinajstić information content (AvgIpc) is 2.11. The molecule has 2 N–H and O–H groups in total. The molecule has 0 saturated carbocycles. The quantitative estimate of drug-likeness (QED) is 0.552. The molecule has 0 heterocycles. The van der Waals surface area contributed by atoms with Crippen LogP contribution in [0.4, 0.5) is 17.6 Å². The Morgan fingerprint density at radius 3 is 1.64 bits per heavy atom. The number of hydrogen-bond donors (Lipinski definition) is 1. The summed E-state index contributed by atoms with van der Waals surface area (Å²) in [4.78, 5) is 10.5. The molecule has 0 radical (unpaired) electrons. The van der Waals surface area contributed by atoms with Gasteiger partial charge in [0, 0.05) is 5.56 Å². The largest absolute Gasteiger partial charge is 0.365 e. The van der Waals surface area contributed by atoms with E-state index in [-0.39, 0.29) is 0 Å². The molecule has 76 valence electrons. The maximum atomic E-state index is 12.9. The van der Waals surface area contributed by atoms with Crippen LogP contribution in [0.1, 0.15) is 15.9 Å². The molecule has 1 aromatic carbocycles. The molecule has 1 amide bonds. The lowest BCUT2D eigenvalue weighted by atomic mass is 10.1. The van der Waals surface area contributed by atoms with E-state index in [1.165, 1.54) is 0 Å². The summed E-state index contributed by atoms with van der Waals surface area (Å²) in [7, 11) is 0. The first kappa shape index (κ1) is 10.5. The van der Waals surface area contributed by atoms with Crippen LogP contribution in [0.25, 0.3) is 0 Å². The van der Waals surface area contributed by atoms with E-state index in [4.69, 9.17) is 0 Å². The number of primary amides is 1. The van der Waals surface area contributed by atoms with Crippen molar-refractivity contribution in [2.75, 3.05) is 0 Å². The lowest BCUT2D eigenvalue weighted by molar-refractivity contribution is 0.0989. The molecule has 0 bridgehead atoms. The second-order valence-electron chi connectivity index (χ2n) is 2.62. The average molecular weight is 207 g/mol. The molecule has 2 nitrogen and oxygen atoms in total. The summed E-state index contributed by atoms with van der Waals surface area (Å²) in [5, 5.41) is 0. The van der Waals surface area contributed by atoms with Crippen LogP contribution in [0.3, 0.4) is 0 Å². The smallest absolute Gasteiger partial charge is 0.254 e. The molecule has 6 heteroatoms. The van der Waals surface area contributed by atoms with Gasteiger partial charge in [-0.15, -0.1) is 0 Å². The molecular formula is C8H5F4NO. The zero-order valence-electron chi connectivity index (χ0n) is 7.00. The van der Waals surface area contributed by atoms with Crippen molar-refractivity contribution >= 4 is 5.91 Å². The second kappa shape index (κ2) is 3.28. The molecule has 0 unspecified atom stereocenters. The monoisotopic (exact) mass is 207 g/mol. The number of nitrogens with two attached hydrogens (primary N) is 1. The SMILES string of the molecule is Cc1c(F)c(F)c(C(N)=O)c(F)c1F. The van der Waals surface area contributed by atoms with Gasteiger partial charge in [-0.1, -0.05) is 0 Å². The Balaban J connectivity index is 3.68. The van der Waals surface area contributed by atoms with Gasteiger partial charge in [0.25, 0.3) is 5.91 Å². The number of hydrogen-bond acceptors (Lipinski definition) is 1. The van der Waals surface area contributed by atoms with Crippen LogP contribution >= 0.6 is 0 Å². The molecule has 0 aromatic heterocycles. The number of carbonyl (C=O) groups excluding carboxylic acids is 1. The third kappa shape index (κ3) is 1.32. The van der Waals surface area contributed by atoms with Gasteiger partial charge in [0.1, 0.15) is 5.56 Å². The Kier molecular flexibility index (Phi) is 2.46. The molecule has 0 aliphatic rings. The minimum absolute atomic E-state index is 0.829. The normalized spacial score (nSPS) is 10.4. The minimum atomic E-state index is -1.77. The van der Waals surface area contributed by atoms with Crippen LogP contribution in [0.2, 0.25) is 0 Å². The van der Waals surface area contributed by atoms with Gasteiger partial charge in [0.2, 0.25) is 0 Å². The third-order valence-electron chi connectivity index (χ3n) is 1.73. The van der Waals surface area contributed by atoms with Gasteiger partial charge < -0.3 is 5.73 Å². The fourth-order valence-electron chi connectivity index (χ4n) is 0.958. The number of rotatable bonds is 1. The lowest BCUT2D eigenvalue weighted by Crippen LogP contribution is -2.18. The van der Waals surface area contributed by atoms with E-state index >= 15 is 0 Å². The minimum Gasteiger partial charge on any atom is -0.365 e. The van der Waals surface area contributed by atoms with E-state index in [0.29, 0.717) is 0 Å². The van der Waals surface area contributed by atoms with Gasteiger partial charge >= 0.3 is 0 Å². The Morgan fingerprint density at radius 1 is 1.00 bits per heavy atom. The summed E-state index contributed by atoms with van der Waals surface area (Å²) >= 11 is 0. The van der Waals surface area contributed by atoms with Crippen molar-refractivity contribution < 1.29 is 22.4 Å². The number of amides is 1. The zero-order chi connectivity index (χ0) is 11.0. The first-order valence-corrected chi connectivity index (χ1v) is 3.50. The summed E-state index contributed by atoms with van der Waals surface area (Å²) < 4.78 is 51.3. The van der Waals surface area contributed by atoms with Crippen LogP contribution in [0.5, 0.6) is 0 Å². The van der Waals surface area contributed by atoms with Gasteiger partial charge in [-0.2, -0.15) is 0 Å². The van der Waals surface area contributed by atoms with Crippen LogP contribution < -0.4 is 5.73 Å². The van der Waals surface area contributed by atoms with E-state index in [1.807, 2.05) is 0 Å². The third-order valence-corrected chi connectivity index (χ3v) is 1.73. The van der Waals surface area contributed by atoms with Crippen molar-refractivity contribution in [3.05, 3.63) is 34.4 Å². The number of benzene rings is 1. The molecule has 0 fully saturated rings. The molecule has 1 aromatic rings. The van der Waals surface area contributed by atoms with Gasteiger partial charge in [0.15, 0.2) is 23.3 Å². The summed E-state index contributed by atoms with van der Waals surface area (Å²) in [5.74, 6) is -8.32. The number of carbonyl (C=O) groups is 1. The van der Waals surface area contributed by atoms with Crippen LogP contribution in [0.15, 0.2) is 0 Å². The fourth-order valence-corrected chi connectivity index (χ4v) is 0.958. The molecule has 1 rings (SSSR count). The Bertz CT molecular complexity index is 387. The zero-order valence-corrected chi connectivity index (χ0v) is 7.00. The predicted octanol–water partition coefficient (Wildman–Crippen LogP) is 1.65. The van der Waals surface area contributed by atoms with Crippen molar-refractivity contribution in [1.82, 2.24) is 0 Å². The van der Waals surface area contributed by atoms with Crippen molar-refractivity contribution in [3.63, 3.8) is 0 Å². The highest BCUT2D eigenvalue weighted by molar-refractivity contribution is 5.93. The highest BCUT2D eigenvalue weighted by Gasteiger charge is 2.25. The highest BCUT2D eigenvalue weighted by atomic mass is 19.2. The van der Waals surface area contributed by atoms with Crippen LogP contribution in [0, 0.1) is 30.2 Å². The van der Waals surface area contributed by atoms with Crippen molar-refractivity contribution in [2.24, 2.45) is 5.73 Å². The molecule has 0 saturated heterocycles. The predicted molar refractivity (Wildman–Crippen MR) is 39.5 cm³/mol. The van der Waals surface area contributed by atoms with Gasteiger partial charge in [-0.05, 0) is 6.92 Å². The lowest BCUT2D eigenvalue weighted by Gasteiger charge is -2.06.